The van der Waals surface area contributed by atoms with Crippen LogP contribution in [0.5, 0.6) is 5.75 Å². The molecule has 1 fully saturated rings. The number of nitrogens with zero attached hydrogens (tertiary/aromatic N) is 2. The summed E-state index contributed by atoms with van der Waals surface area (Å²) in [5, 5.41) is 8.89. The molecule has 1 saturated heterocycles. The Bertz CT molecular complexity index is 407. The summed E-state index contributed by atoms with van der Waals surface area (Å²) in [4.78, 5) is 2.36. The van der Waals surface area contributed by atoms with Crippen molar-refractivity contribution in [2.75, 3.05) is 19.7 Å². The Morgan fingerprint density at radius 3 is 2.56 bits per heavy atom. The van der Waals surface area contributed by atoms with Crippen molar-refractivity contribution in [1.82, 2.24) is 4.90 Å². The molecule has 0 amide bonds. The van der Waals surface area contributed by atoms with Gasteiger partial charge in [-0.2, -0.15) is 5.26 Å². The van der Waals surface area contributed by atoms with Gasteiger partial charge in [-0.3, -0.25) is 4.90 Å². The van der Waals surface area contributed by atoms with E-state index in [1.165, 1.54) is 12.8 Å². The topological polar surface area (TPSA) is 36.3 Å². The highest BCUT2D eigenvalue weighted by Crippen LogP contribution is 2.18. The first kappa shape index (κ1) is 13.4. The summed E-state index contributed by atoms with van der Waals surface area (Å²) in [5.41, 5.74) is 0. The molecule has 0 bridgehead atoms. The first-order valence-electron chi connectivity index (χ1n) is 6.29. The molecule has 0 N–H and O–H groups in total. The van der Waals surface area contributed by atoms with Crippen molar-refractivity contribution in [1.29, 1.82) is 5.26 Å². The number of hydrogen-bond donors (Lipinski definition) is 0. The van der Waals surface area contributed by atoms with E-state index in [1.807, 2.05) is 24.3 Å². The fourth-order valence-electron chi connectivity index (χ4n) is 2.23. The molecule has 0 radical (unpaired) electrons. The maximum atomic E-state index is 8.89. The molecule has 3 nitrogen and oxygen atoms in total. The van der Waals surface area contributed by atoms with Crippen molar-refractivity contribution in [3.05, 3.63) is 28.7 Å². The monoisotopic (exact) mass is 308 g/mol. The number of ether oxygens (including phenoxy) is 1. The Labute approximate surface area is 116 Å². The second kappa shape index (κ2) is 6.77. The molecule has 1 heterocycles. The summed E-state index contributed by atoms with van der Waals surface area (Å²) in [5.74, 6) is 0.861. The first-order chi connectivity index (χ1) is 8.79. The van der Waals surface area contributed by atoms with E-state index in [4.69, 9.17) is 10.00 Å². The minimum absolute atomic E-state index is 0.223. The lowest BCUT2D eigenvalue weighted by molar-refractivity contribution is 0.162. The van der Waals surface area contributed by atoms with Gasteiger partial charge in [-0.25, -0.2) is 0 Å². The number of hydrogen-bond acceptors (Lipinski definition) is 3. The van der Waals surface area contributed by atoms with Gasteiger partial charge in [0.15, 0.2) is 0 Å². The maximum Gasteiger partial charge on any atom is 0.119 e. The van der Waals surface area contributed by atoms with Crippen LogP contribution in [0.15, 0.2) is 28.7 Å². The minimum atomic E-state index is 0.223. The standard InChI is InChI=1S/C14H17BrN2O/c15-12-3-5-14(6-4-12)18-11-13(7-8-16)17-9-1-2-10-17/h3-6,13H,1-2,7,9-11H2. The van der Waals surface area contributed by atoms with Gasteiger partial charge in [0.2, 0.25) is 0 Å². The highest BCUT2D eigenvalue weighted by molar-refractivity contribution is 9.10. The van der Waals surface area contributed by atoms with Gasteiger partial charge in [-0.05, 0) is 50.2 Å². The van der Waals surface area contributed by atoms with Gasteiger partial charge >= 0.3 is 0 Å². The van der Waals surface area contributed by atoms with Crippen LogP contribution in [0.1, 0.15) is 19.3 Å². The summed E-state index contributed by atoms with van der Waals surface area (Å²) in [6.45, 7) is 2.78. The van der Waals surface area contributed by atoms with E-state index >= 15 is 0 Å². The zero-order chi connectivity index (χ0) is 12.8. The Kier molecular flexibility index (Phi) is 5.03. The van der Waals surface area contributed by atoms with Crippen molar-refractivity contribution in [2.45, 2.75) is 25.3 Å². The molecule has 1 aromatic rings. The molecular formula is C14H17BrN2O. The van der Waals surface area contributed by atoms with E-state index in [1.54, 1.807) is 0 Å². The number of nitriles is 1. The molecule has 2 rings (SSSR count). The van der Waals surface area contributed by atoms with Crippen molar-refractivity contribution in [3.8, 4) is 11.8 Å². The van der Waals surface area contributed by atoms with E-state index < -0.39 is 0 Å². The van der Waals surface area contributed by atoms with Crippen molar-refractivity contribution >= 4 is 15.9 Å². The van der Waals surface area contributed by atoms with Crippen molar-refractivity contribution in [3.63, 3.8) is 0 Å². The van der Waals surface area contributed by atoms with Crippen LogP contribution in [0.2, 0.25) is 0 Å². The summed E-state index contributed by atoms with van der Waals surface area (Å²) < 4.78 is 6.82. The van der Waals surface area contributed by atoms with Gasteiger partial charge in [0, 0.05) is 4.47 Å². The third-order valence-electron chi connectivity index (χ3n) is 3.24. The highest BCUT2D eigenvalue weighted by atomic mass is 79.9. The van der Waals surface area contributed by atoms with E-state index in [2.05, 4.69) is 26.9 Å². The maximum absolute atomic E-state index is 8.89. The van der Waals surface area contributed by atoms with Crippen molar-refractivity contribution < 1.29 is 4.74 Å². The highest BCUT2D eigenvalue weighted by Gasteiger charge is 2.22. The lowest BCUT2D eigenvalue weighted by atomic mass is 10.2. The second-order valence-corrected chi connectivity index (χ2v) is 5.44. The summed E-state index contributed by atoms with van der Waals surface area (Å²) in [6, 6.07) is 10.3. The second-order valence-electron chi connectivity index (χ2n) is 4.52. The number of halogens is 1. The molecule has 1 atom stereocenters. The molecule has 0 aromatic heterocycles. The van der Waals surface area contributed by atoms with Crippen molar-refractivity contribution in [2.24, 2.45) is 0 Å². The van der Waals surface area contributed by atoms with Crippen LogP contribution in [-0.2, 0) is 0 Å². The molecule has 0 aliphatic carbocycles. The van der Waals surface area contributed by atoms with Crippen LogP contribution in [0.25, 0.3) is 0 Å². The normalized spacial score (nSPS) is 17.3. The van der Waals surface area contributed by atoms with Gasteiger partial charge in [0.25, 0.3) is 0 Å². The molecule has 0 spiro atoms. The third-order valence-corrected chi connectivity index (χ3v) is 3.77. The SMILES string of the molecule is N#CCC(COc1ccc(Br)cc1)N1CCCC1. The zero-order valence-corrected chi connectivity index (χ0v) is 11.9. The average Bonchev–Trinajstić information content (AvgIpc) is 2.90. The van der Waals surface area contributed by atoms with E-state index in [-0.39, 0.29) is 6.04 Å². The number of benzene rings is 1. The van der Waals surface area contributed by atoms with Crippen LogP contribution >= 0.6 is 15.9 Å². The summed E-state index contributed by atoms with van der Waals surface area (Å²) in [6.07, 6.45) is 3.01. The largest absolute Gasteiger partial charge is 0.492 e. The van der Waals surface area contributed by atoms with Crippen LogP contribution in [0, 0.1) is 11.3 Å². The van der Waals surface area contributed by atoms with Gasteiger partial charge in [0.05, 0.1) is 18.5 Å². The molecule has 96 valence electrons. The summed E-state index contributed by atoms with van der Waals surface area (Å²) in [7, 11) is 0. The Hall–Kier alpha value is -1.05. The summed E-state index contributed by atoms with van der Waals surface area (Å²) >= 11 is 3.40. The first-order valence-corrected chi connectivity index (χ1v) is 7.08. The van der Waals surface area contributed by atoms with Crippen LogP contribution < -0.4 is 4.74 Å². The van der Waals surface area contributed by atoms with Crippen LogP contribution in [0.3, 0.4) is 0 Å². The third kappa shape index (κ3) is 3.72. The van der Waals surface area contributed by atoms with Gasteiger partial charge < -0.3 is 4.74 Å². The number of rotatable bonds is 5. The van der Waals surface area contributed by atoms with Gasteiger partial charge in [-0.1, -0.05) is 15.9 Å². The molecule has 1 aliphatic rings. The molecular weight excluding hydrogens is 292 g/mol. The number of likely N-dealkylation sites (tertiary alicyclic amines) is 1. The Balaban J connectivity index is 1.89. The van der Waals surface area contributed by atoms with Crippen LogP contribution in [-0.4, -0.2) is 30.6 Å². The Morgan fingerprint density at radius 2 is 1.94 bits per heavy atom. The fraction of sp³-hybridized carbons (Fsp3) is 0.500. The lowest BCUT2D eigenvalue weighted by Gasteiger charge is -2.25. The van der Waals surface area contributed by atoms with Gasteiger partial charge in [-0.15, -0.1) is 0 Å². The minimum Gasteiger partial charge on any atom is -0.492 e. The smallest absolute Gasteiger partial charge is 0.119 e. The zero-order valence-electron chi connectivity index (χ0n) is 10.3. The molecule has 0 saturated carbocycles. The van der Waals surface area contributed by atoms with Crippen LogP contribution in [0.4, 0.5) is 0 Å². The lowest BCUT2D eigenvalue weighted by Crippen LogP contribution is -2.37. The van der Waals surface area contributed by atoms with E-state index in [0.29, 0.717) is 13.0 Å². The predicted molar refractivity (Wildman–Crippen MR) is 74.5 cm³/mol. The molecule has 1 aliphatic heterocycles. The van der Waals surface area contributed by atoms with Gasteiger partial charge in [0.1, 0.15) is 12.4 Å². The molecule has 18 heavy (non-hydrogen) atoms. The Morgan fingerprint density at radius 1 is 1.28 bits per heavy atom. The molecule has 4 heteroatoms. The molecule has 1 unspecified atom stereocenters. The molecule has 1 aromatic carbocycles. The average molecular weight is 309 g/mol. The quantitative estimate of drug-likeness (QED) is 0.838. The fourth-order valence-corrected chi connectivity index (χ4v) is 2.49. The van der Waals surface area contributed by atoms with E-state index in [9.17, 15) is 0 Å². The van der Waals surface area contributed by atoms with E-state index in [0.717, 1.165) is 23.3 Å². The predicted octanol–water partition coefficient (Wildman–Crippen LogP) is 3.21.